The number of benzene rings is 2. The van der Waals surface area contributed by atoms with Gasteiger partial charge in [-0.05, 0) is 69.3 Å². The van der Waals surface area contributed by atoms with Gasteiger partial charge in [-0.15, -0.1) is 0 Å². The van der Waals surface area contributed by atoms with Gasteiger partial charge in [-0.3, -0.25) is 25.8 Å². The minimum absolute atomic E-state index is 0.0225. The van der Waals surface area contributed by atoms with Crippen LogP contribution >= 0.6 is 0 Å². The highest BCUT2D eigenvalue weighted by molar-refractivity contribution is 5.96. The van der Waals surface area contributed by atoms with E-state index in [1.807, 2.05) is 0 Å². The quantitative estimate of drug-likeness (QED) is 0.540. The number of hydrogen-bond donors (Lipinski definition) is 4. The fraction of sp³-hybridized carbons (Fsp3) is 0.286. The lowest BCUT2D eigenvalue weighted by atomic mass is 10.2. The molecule has 2 aromatic rings. The van der Waals surface area contributed by atoms with Gasteiger partial charge in [0.25, 0.3) is 11.8 Å². The van der Waals surface area contributed by atoms with E-state index in [0.717, 1.165) is 5.69 Å². The maximum Gasteiger partial charge on any atom is 0.412 e. The van der Waals surface area contributed by atoms with Gasteiger partial charge in [-0.1, -0.05) is 0 Å². The first-order valence-corrected chi connectivity index (χ1v) is 9.23. The highest BCUT2D eigenvalue weighted by atomic mass is 16.6. The summed E-state index contributed by atoms with van der Waals surface area (Å²) in [4.78, 5) is 35.8. The van der Waals surface area contributed by atoms with E-state index in [-0.39, 0.29) is 6.54 Å². The highest BCUT2D eigenvalue weighted by Gasteiger charge is 2.16. The van der Waals surface area contributed by atoms with Crippen LogP contribution in [0.5, 0.6) is 5.75 Å². The third-order valence-electron chi connectivity index (χ3n) is 3.65. The minimum atomic E-state index is -0.607. The molecule has 2 rings (SSSR count). The zero-order valence-electron chi connectivity index (χ0n) is 17.4. The summed E-state index contributed by atoms with van der Waals surface area (Å²) in [5.41, 5.74) is 5.59. The van der Waals surface area contributed by atoms with E-state index in [0.29, 0.717) is 17.0 Å². The monoisotopic (exact) mass is 414 g/mol. The Morgan fingerprint density at radius 1 is 0.867 bits per heavy atom. The summed E-state index contributed by atoms with van der Waals surface area (Å²) in [7, 11) is 1.57. The molecular formula is C21H26N4O5. The summed E-state index contributed by atoms with van der Waals surface area (Å²) < 4.78 is 10.2. The number of methoxy groups -OCH3 is 1. The molecule has 0 aromatic heterocycles. The number of carbonyl (C=O) groups excluding carboxylic acids is 3. The number of anilines is 2. The van der Waals surface area contributed by atoms with E-state index >= 15 is 0 Å². The molecule has 0 unspecified atom stereocenters. The molecule has 0 bridgehead atoms. The maximum absolute atomic E-state index is 12.1. The smallest absolute Gasteiger partial charge is 0.412 e. The SMILES string of the molecule is COc1ccc(NCC(=O)NNC(=O)c2ccc(NC(=O)OC(C)(C)C)cc2)cc1. The van der Waals surface area contributed by atoms with Crippen molar-refractivity contribution in [2.24, 2.45) is 0 Å². The Labute approximate surface area is 175 Å². The second kappa shape index (κ2) is 10.1. The second-order valence-electron chi connectivity index (χ2n) is 7.29. The number of rotatable bonds is 6. The average Bonchev–Trinajstić information content (AvgIpc) is 2.70. The van der Waals surface area contributed by atoms with Crippen LogP contribution in [0.3, 0.4) is 0 Å². The van der Waals surface area contributed by atoms with Crippen LogP contribution in [0.2, 0.25) is 0 Å². The molecule has 0 radical (unpaired) electrons. The largest absolute Gasteiger partial charge is 0.497 e. The van der Waals surface area contributed by atoms with Crippen molar-refractivity contribution in [1.29, 1.82) is 0 Å². The minimum Gasteiger partial charge on any atom is -0.497 e. The van der Waals surface area contributed by atoms with Crippen molar-refractivity contribution in [3.63, 3.8) is 0 Å². The first-order chi connectivity index (χ1) is 14.2. The van der Waals surface area contributed by atoms with E-state index in [9.17, 15) is 14.4 Å². The van der Waals surface area contributed by atoms with E-state index in [2.05, 4.69) is 21.5 Å². The Bertz CT molecular complexity index is 874. The first kappa shape index (κ1) is 22.5. The van der Waals surface area contributed by atoms with Crippen LogP contribution in [0.25, 0.3) is 0 Å². The van der Waals surface area contributed by atoms with E-state index < -0.39 is 23.5 Å². The molecular weight excluding hydrogens is 388 g/mol. The zero-order valence-corrected chi connectivity index (χ0v) is 17.4. The molecule has 0 saturated heterocycles. The van der Waals surface area contributed by atoms with Gasteiger partial charge >= 0.3 is 6.09 Å². The Morgan fingerprint density at radius 3 is 2.03 bits per heavy atom. The Hall–Kier alpha value is -3.75. The van der Waals surface area contributed by atoms with Gasteiger partial charge in [0, 0.05) is 16.9 Å². The van der Waals surface area contributed by atoms with Crippen LogP contribution in [0.1, 0.15) is 31.1 Å². The molecule has 0 spiro atoms. The lowest BCUT2D eigenvalue weighted by Crippen LogP contribution is -2.44. The number of carbonyl (C=O) groups is 3. The van der Waals surface area contributed by atoms with Crippen molar-refractivity contribution >= 4 is 29.3 Å². The van der Waals surface area contributed by atoms with Crippen LogP contribution in [-0.2, 0) is 9.53 Å². The third kappa shape index (κ3) is 7.70. The molecule has 0 atom stereocenters. The van der Waals surface area contributed by atoms with Crippen molar-refractivity contribution in [3.05, 3.63) is 54.1 Å². The summed E-state index contributed by atoms with van der Waals surface area (Å²) in [6.07, 6.45) is -0.587. The first-order valence-electron chi connectivity index (χ1n) is 9.23. The van der Waals surface area contributed by atoms with Crippen molar-refractivity contribution in [1.82, 2.24) is 10.9 Å². The molecule has 3 amide bonds. The summed E-state index contributed by atoms with van der Waals surface area (Å²) in [5.74, 6) is -0.191. The lowest BCUT2D eigenvalue weighted by molar-refractivity contribution is -0.120. The van der Waals surface area contributed by atoms with E-state index in [1.54, 1.807) is 64.3 Å². The average molecular weight is 414 g/mol. The topological polar surface area (TPSA) is 118 Å². The Balaban J connectivity index is 1.77. The van der Waals surface area contributed by atoms with Crippen molar-refractivity contribution in [2.45, 2.75) is 26.4 Å². The fourth-order valence-electron chi connectivity index (χ4n) is 2.26. The predicted octanol–water partition coefficient (Wildman–Crippen LogP) is 2.92. The summed E-state index contributed by atoms with van der Waals surface area (Å²) in [6.45, 7) is 5.27. The normalized spacial score (nSPS) is 10.5. The van der Waals surface area contributed by atoms with Crippen LogP contribution in [-0.4, -0.2) is 37.2 Å². The van der Waals surface area contributed by atoms with E-state index in [4.69, 9.17) is 9.47 Å². The predicted molar refractivity (Wildman–Crippen MR) is 113 cm³/mol. The Kier molecular flexibility index (Phi) is 7.62. The van der Waals surface area contributed by atoms with E-state index in [1.165, 1.54) is 12.1 Å². The molecule has 0 heterocycles. The molecule has 0 aliphatic rings. The summed E-state index contributed by atoms with van der Waals surface area (Å²) >= 11 is 0. The molecule has 160 valence electrons. The Morgan fingerprint density at radius 2 is 1.47 bits per heavy atom. The van der Waals surface area contributed by atoms with Crippen LogP contribution < -0.4 is 26.2 Å². The molecule has 9 heteroatoms. The summed E-state index contributed by atoms with van der Waals surface area (Å²) in [6, 6.07) is 13.2. The van der Waals surface area contributed by atoms with Crippen molar-refractivity contribution in [3.8, 4) is 5.75 Å². The maximum atomic E-state index is 12.1. The number of ether oxygens (including phenoxy) is 2. The van der Waals surface area contributed by atoms with Gasteiger partial charge in [0.15, 0.2) is 0 Å². The van der Waals surface area contributed by atoms with Crippen LogP contribution in [0, 0.1) is 0 Å². The molecule has 9 nitrogen and oxygen atoms in total. The molecule has 0 aliphatic carbocycles. The standard InChI is InChI=1S/C21H26N4O5/c1-21(2,3)30-20(28)23-16-7-5-14(6-8-16)19(27)25-24-18(26)13-22-15-9-11-17(29-4)12-10-15/h5-12,22H,13H2,1-4H3,(H,23,28)(H,24,26)(H,25,27). The molecule has 30 heavy (non-hydrogen) atoms. The molecule has 0 fully saturated rings. The molecule has 2 aromatic carbocycles. The van der Waals surface area contributed by atoms with Gasteiger partial charge in [0.1, 0.15) is 11.4 Å². The van der Waals surface area contributed by atoms with Gasteiger partial charge in [-0.25, -0.2) is 4.79 Å². The van der Waals surface area contributed by atoms with Crippen molar-refractivity contribution in [2.75, 3.05) is 24.3 Å². The number of nitrogens with one attached hydrogen (secondary N) is 4. The van der Waals surface area contributed by atoms with Gasteiger partial charge in [0.05, 0.1) is 13.7 Å². The number of hydrazine groups is 1. The third-order valence-corrected chi connectivity index (χ3v) is 3.65. The van der Waals surface area contributed by atoms with Gasteiger partial charge < -0.3 is 14.8 Å². The van der Waals surface area contributed by atoms with Crippen LogP contribution in [0.4, 0.5) is 16.2 Å². The lowest BCUT2D eigenvalue weighted by Gasteiger charge is -2.19. The molecule has 4 N–H and O–H groups in total. The van der Waals surface area contributed by atoms with Crippen molar-refractivity contribution < 1.29 is 23.9 Å². The summed E-state index contributed by atoms with van der Waals surface area (Å²) in [5, 5.41) is 5.51. The molecule has 0 aliphatic heterocycles. The van der Waals surface area contributed by atoms with Crippen LogP contribution in [0.15, 0.2) is 48.5 Å². The highest BCUT2D eigenvalue weighted by Crippen LogP contribution is 2.15. The fourth-order valence-corrected chi connectivity index (χ4v) is 2.26. The van der Waals surface area contributed by atoms with Gasteiger partial charge in [-0.2, -0.15) is 0 Å². The second-order valence-corrected chi connectivity index (χ2v) is 7.29. The zero-order chi connectivity index (χ0) is 22.1. The van der Waals surface area contributed by atoms with Gasteiger partial charge in [0.2, 0.25) is 0 Å². The number of amides is 3. The molecule has 0 saturated carbocycles. The number of hydrogen-bond acceptors (Lipinski definition) is 6.